The fraction of sp³-hybridized carbons (Fsp3) is 0.533. The van der Waals surface area contributed by atoms with Gasteiger partial charge in [-0.2, -0.15) is 11.8 Å². The SMILES string of the molecule is COCCn1nnnc1C(c1ccc(F)cc1)N1CCSCC1. The summed E-state index contributed by atoms with van der Waals surface area (Å²) in [7, 11) is 1.66. The molecule has 1 aromatic carbocycles. The third kappa shape index (κ3) is 3.88. The summed E-state index contributed by atoms with van der Waals surface area (Å²) in [5, 5.41) is 12.2. The molecule has 1 aromatic heterocycles. The lowest BCUT2D eigenvalue weighted by molar-refractivity contribution is 0.176. The fourth-order valence-electron chi connectivity index (χ4n) is 2.75. The fourth-order valence-corrected chi connectivity index (χ4v) is 3.68. The summed E-state index contributed by atoms with van der Waals surface area (Å²) >= 11 is 1.95. The monoisotopic (exact) mass is 337 g/mol. The van der Waals surface area contributed by atoms with Gasteiger partial charge in [0.25, 0.3) is 0 Å². The third-order valence-electron chi connectivity index (χ3n) is 3.91. The predicted molar refractivity (Wildman–Crippen MR) is 86.8 cm³/mol. The Labute approximate surface area is 139 Å². The predicted octanol–water partition coefficient (Wildman–Crippen LogP) is 1.60. The van der Waals surface area contributed by atoms with Crippen LogP contribution in [0.1, 0.15) is 17.4 Å². The Morgan fingerprint density at radius 3 is 2.70 bits per heavy atom. The van der Waals surface area contributed by atoms with Crippen LogP contribution in [0.5, 0.6) is 0 Å². The zero-order chi connectivity index (χ0) is 16.1. The minimum absolute atomic E-state index is 0.0663. The van der Waals surface area contributed by atoms with Crippen molar-refractivity contribution in [3.05, 3.63) is 41.5 Å². The van der Waals surface area contributed by atoms with Gasteiger partial charge in [0, 0.05) is 31.7 Å². The van der Waals surface area contributed by atoms with Crippen molar-refractivity contribution in [3.63, 3.8) is 0 Å². The van der Waals surface area contributed by atoms with Crippen molar-refractivity contribution < 1.29 is 9.13 Å². The minimum atomic E-state index is -0.235. The van der Waals surface area contributed by atoms with Crippen LogP contribution in [0.3, 0.4) is 0 Å². The van der Waals surface area contributed by atoms with Gasteiger partial charge < -0.3 is 4.74 Å². The molecule has 1 aliphatic rings. The Morgan fingerprint density at radius 1 is 1.26 bits per heavy atom. The summed E-state index contributed by atoms with van der Waals surface area (Å²) in [4.78, 5) is 2.36. The maximum atomic E-state index is 13.3. The molecular weight excluding hydrogens is 317 g/mol. The van der Waals surface area contributed by atoms with Gasteiger partial charge in [-0.15, -0.1) is 5.10 Å². The van der Waals surface area contributed by atoms with E-state index in [0.29, 0.717) is 13.2 Å². The number of hydrogen-bond acceptors (Lipinski definition) is 6. The summed E-state index contributed by atoms with van der Waals surface area (Å²) < 4.78 is 20.2. The summed E-state index contributed by atoms with van der Waals surface area (Å²) in [5.41, 5.74) is 1.01. The highest BCUT2D eigenvalue weighted by Gasteiger charge is 2.28. The first kappa shape index (κ1) is 16.4. The van der Waals surface area contributed by atoms with Crippen LogP contribution >= 0.6 is 11.8 Å². The molecule has 0 radical (unpaired) electrons. The van der Waals surface area contributed by atoms with Gasteiger partial charge in [-0.05, 0) is 28.1 Å². The molecule has 1 unspecified atom stereocenters. The van der Waals surface area contributed by atoms with E-state index in [1.807, 2.05) is 23.9 Å². The Balaban J connectivity index is 1.94. The van der Waals surface area contributed by atoms with E-state index >= 15 is 0 Å². The Kier molecular flexibility index (Phi) is 5.58. The van der Waals surface area contributed by atoms with Crippen molar-refractivity contribution >= 4 is 11.8 Å². The molecule has 23 heavy (non-hydrogen) atoms. The quantitative estimate of drug-likeness (QED) is 0.798. The molecule has 0 bridgehead atoms. The normalized spacial score (nSPS) is 17.3. The highest BCUT2D eigenvalue weighted by molar-refractivity contribution is 7.99. The number of thioether (sulfide) groups is 1. The number of halogens is 1. The van der Waals surface area contributed by atoms with Crippen molar-refractivity contribution in [1.82, 2.24) is 25.1 Å². The number of rotatable bonds is 6. The second-order valence-electron chi connectivity index (χ2n) is 5.36. The molecule has 0 aliphatic carbocycles. The molecule has 1 saturated heterocycles. The van der Waals surface area contributed by atoms with Crippen molar-refractivity contribution in [3.8, 4) is 0 Å². The first-order chi connectivity index (χ1) is 11.3. The number of aromatic nitrogens is 4. The maximum absolute atomic E-state index is 13.3. The Bertz CT molecular complexity index is 615. The molecule has 0 saturated carbocycles. The molecule has 2 heterocycles. The summed E-state index contributed by atoms with van der Waals surface area (Å²) in [6, 6.07) is 6.55. The van der Waals surface area contributed by atoms with Crippen molar-refractivity contribution in [2.75, 3.05) is 38.3 Å². The first-order valence-electron chi connectivity index (χ1n) is 7.62. The lowest BCUT2D eigenvalue weighted by Gasteiger charge is -2.33. The van der Waals surface area contributed by atoms with Gasteiger partial charge >= 0.3 is 0 Å². The number of methoxy groups -OCH3 is 1. The number of tetrazole rings is 1. The van der Waals surface area contributed by atoms with E-state index < -0.39 is 0 Å². The molecule has 124 valence electrons. The molecule has 1 fully saturated rings. The standard InChI is InChI=1S/C15H20FN5OS/c1-22-9-6-21-15(17-18-19-21)14(20-7-10-23-11-8-20)12-2-4-13(16)5-3-12/h2-5,14H,6-11H2,1H3. The first-order valence-corrected chi connectivity index (χ1v) is 8.77. The van der Waals surface area contributed by atoms with Crippen molar-refractivity contribution in [2.45, 2.75) is 12.6 Å². The molecule has 0 N–H and O–H groups in total. The van der Waals surface area contributed by atoms with E-state index in [4.69, 9.17) is 4.74 Å². The average Bonchev–Trinajstić information content (AvgIpc) is 3.04. The van der Waals surface area contributed by atoms with E-state index in [2.05, 4.69) is 20.4 Å². The van der Waals surface area contributed by atoms with E-state index in [1.54, 1.807) is 11.8 Å². The van der Waals surface area contributed by atoms with Crippen LogP contribution < -0.4 is 0 Å². The largest absolute Gasteiger partial charge is 0.383 e. The topological polar surface area (TPSA) is 56.1 Å². The second-order valence-corrected chi connectivity index (χ2v) is 6.58. The molecule has 8 heteroatoms. The lowest BCUT2D eigenvalue weighted by atomic mass is 10.0. The summed E-state index contributed by atoms with van der Waals surface area (Å²) in [6.45, 7) is 3.07. The van der Waals surface area contributed by atoms with Gasteiger partial charge in [-0.25, -0.2) is 9.07 Å². The molecule has 1 atom stereocenters. The Morgan fingerprint density at radius 2 is 2.00 bits per heavy atom. The molecule has 2 aromatic rings. The van der Waals surface area contributed by atoms with E-state index in [9.17, 15) is 4.39 Å². The van der Waals surface area contributed by atoms with Gasteiger partial charge in [0.2, 0.25) is 0 Å². The van der Waals surface area contributed by atoms with Crippen LogP contribution in [0.4, 0.5) is 4.39 Å². The van der Waals surface area contributed by atoms with Crippen LogP contribution in [0.15, 0.2) is 24.3 Å². The number of hydrogen-bond donors (Lipinski definition) is 0. The molecule has 3 rings (SSSR count). The zero-order valence-electron chi connectivity index (χ0n) is 13.1. The summed E-state index contributed by atoms with van der Waals surface area (Å²) in [5.74, 6) is 2.70. The summed E-state index contributed by atoms with van der Waals surface area (Å²) in [6.07, 6.45) is 0. The molecular formula is C15H20FN5OS. The van der Waals surface area contributed by atoms with Gasteiger partial charge in [0.1, 0.15) is 5.82 Å². The molecule has 0 spiro atoms. The van der Waals surface area contributed by atoms with Gasteiger partial charge in [-0.1, -0.05) is 12.1 Å². The smallest absolute Gasteiger partial charge is 0.173 e. The van der Waals surface area contributed by atoms with Gasteiger partial charge in [0.15, 0.2) is 5.82 Å². The van der Waals surface area contributed by atoms with E-state index in [-0.39, 0.29) is 11.9 Å². The average molecular weight is 337 g/mol. The van der Waals surface area contributed by atoms with E-state index in [0.717, 1.165) is 36.0 Å². The highest BCUT2D eigenvalue weighted by atomic mass is 32.2. The van der Waals surface area contributed by atoms with Gasteiger partial charge in [-0.3, -0.25) is 4.90 Å². The number of nitrogens with zero attached hydrogens (tertiary/aromatic N) is 5. The third-order valence-corrected chi connectivity index (χ3v) is 4.85. The number of benzene rings is 1. The lowest BCUT2D eigenvalue weighted by Crippen LogP contribution is -2.38. The van der Waals surface area contributed by atoms with Crippen molar-refractivity contribution in [1.29, 1.82) is 0 Å². The zero-order valence-corrected chi connectivity index (χ0v) is 13.9. The van der Waals surface area contributed by atoms with Crippen LogP contribution in [-0.4, -0.2) is 63.4 Å². The molecule has 0 amide bonds. The van der Waals surface area contributed by atoms with Crippen LogP contribution in [0, 0.1) is 5.82 Å². The van der Waals surface area contributed by atoms with Crippen molar-refractivity contribution in [2.24, 2.45) is 0 Å². The van der Waals surface area contributed by atoms with Crippen LogP contribution in [0.2, 0.25) is 0 Å². The second kappa shape index (κ2) is 7.85. The van der Waals surface area contributed by atoms with Gasteiger partial charge in [0.05, 0.1) is 19.2 Å². The maximum Gasteiger partial charge on any atom is 0.173 e. The highest BCUT2D eigenvalue weighted by Crippen LogP contribution is 2.29. The van der Waals surface area contributed by atoms with Crippen LogP contribution in [-0.2, 0) is 11.3 Å². The minimum Gasteiger partial charge on any atom is -0.383 e. The number of ether oxygens (including phenoxy) is 1. The van der Waals surface area contributed by atoms with Crippen LogP contribution in [0.25, 0.3) is 0 Å². The Hall–Kier alpha value is -1.51. The van der Waals surface area contributed by atoms with E-state index in [1.165, 1.54) is 12.1 Å². The molecule has 6 nitrogen and oxygen atoms in total. The molecule has 1 aliphatic heterocycles.